The lowest BCUT2D eigenvalue weighted by Gasteiger charge is -2.09. The number of hydrogen-bond acceptors (Lipinski definition) is 5. The van der Waals surface area contributed by atoms with Crippen LogP contribution in [0.4, 0.5) is 0 Å². The second-order valence-corrected chi connectivity index (χ2v) is 8.18. The third kappa shape index (κ3) is 3.33. The molecule has 4 heterocycles. The van der Waals surface area contributed by atoms with Crippen molar-refractivity contribution in [2.45, 2.75) is 38.8 Å². The van der Waals surface area contributed by atoms with Crippen LogP contribution in [-0.4, -0.2) is 32.4 Å². The molecule has 0 atom stereocenters. The first kappa shape index (κ1) is 21.6. The zero-order valence-electron chi connectivity index (χ0n) is 18.7. The van der Waals surface area contributed by atoms with E-state index in [-0.39, 0.29) is 22.5 Å². The van der Waals surface area contributed by atoms with Gasteiger partial charge < -0.3 is 9.13 Å². The highest BCUT2D eigenvalue weighted by Gasteiger charge is 2.14. The van der Waals surface area contributed by atoms with E-state index < -0.39 is 0 Å². The molecule has 0 saturated carbocycles. The summed E-state index contributed by atoms with van der Waals surface area (Å²) in [6.07, 6.45) is 7.11. The Morgan fingerprint density at radius 2 is 1.25 bits per heavy atom. The van der Waals surface area contributed by atoms with E-state index in [9.17, 15) is 19.2 Å². The van der Waals surface area contributed by atoms with Gasteiger partial charge in [-0.05, 0) is 18.9 Å². The Morgan fingerprint density at radius 1 is 0.688 bits per heavy atom. The quantitative estimate of drug-likeness (QED) is 0.376. The van der Waals surface area contributed by atoms with Crippen molar-refractivity contribution >= 4 is 22.2 Å². The zero-order chi connectivity index (χ0) is 23.2. The van der Waals surface area contributed by atoms with Crippen molar-refractivity contribution in [1.82, 2.24) is 32.4 Å². The van der Waals surface area contributed by atoms with E-state index in [1.54, 1.807) is 31.1 Å². The lowest BCUT2D eigenvalue weighted by atomic mass is 10.2. The lowest BCUT2D eigenvalue weighted by molar-refractivity contribution is 0.547. The molecule has 0 aliphatic carbocycles. The predicted octanol–water partition coefficient (Wildman–Crippen LogP) is 0.0464. The first-order valence-corrected chi connectivity index (χ1v) is 10.6. The van der Waals surface area contributed by atoms with Gasteiger partial charge in [-0.15, -0.1) is 0 Å². The number of nitrogens with zero attached hydrogens (tertiary/aromatic N) is 7. The Labute approximate surface area is 182 Å². The minimum atomic E-state index is -0.389. The highest BCUT2D eigenvalue weighted by Crippen LogP contribution is 2.13. The second kappa shape index (κ2) is 8.13. The van der Waals surface area contributed by atoms with Gasteiger partial charge in [-0.1, -0.05) is 12.8 Å². The molecule has 32 heavy (non-hydrogen) atoms. The molecule has 0 fully saturated rings. The SMILES string of the molecule is Cn1c(=O)c2c(ccn2CCCCCCn2cnc3c2c(=O)n(C)c(=O)n3C)n(C)c1=O. The van der Waals surface area contributed by atoms with Crippen LogP contribution in [0.2, 0.25) is 0 Å². The second-order valence-electron chi connectivity index (χ2n) is 8.18. The number of hydrogen-bond donors (Lipinski definition) is 0. The molecule has 0 aromatic carbocycles. The first-order chi connectivity index (χ1) is 15.2. The number of rotatable bonds is 7. The average molecular weight is 441 g/mol. The van der Waals surface area contributed by atoms with E-state index in [4.69, 9.17) is 0 Å². The van der Waals surface area contributed by atoms with Crippen molar-refractivity contribution in [1.29, 1.82) is 0 Å². The number of unbranched alkanes of at least 4 members (excludes halogenated alkanes) is 3. The molecule has 0 radical (unpaired) electrons. The van der Waals surface area contributed by atoms with Crippen LogP contribution in [0.1, 0.15) is 25.7 Å². The van der Waals surface area contributed by atoms with Gasteiger partial charge >= 0.3 is 11.4 Å². The molecule has 170 valence electrons. The topological polar surface area (TPSA) is 111 Å². The maximum Gasteiger partial charge on any atom is 0.332 e. The Balaban J connectivity index is 1.39. The summed E-state index contributed by atoms with van der Waals surface area (Å²) in [7, 11) is 6.24. The summed E-state index contributed by atoms with van der Waals surface area (Å²) < 4.78 is 8.82. The van der Waals surface area contributed by atoms with Gasteiger partial charge in [-0.2, -0.15) is 0 Å². The van der Waals surface area contributed by atoms with Crippen LogP contribution in [0, 0.1) is 0 Å². The molecule has 11 nitrogen and oxygen atoms in total. The third-order valence-corrected chi connectivity index (χ3v) is 6.15. The molecule has 0 amide bonds. The van der Waals surface area contributed by atoms with E-state index in [0.717, 1.165) is 34.8 Å². The predicted molar refractivity (Wildman–Crippen MR) is 121 cm³/mol. The molecule has 11 heteroatoms. The number of aryl methyl sites for hydroxylation is 4. The van der Waals surface area contributed by atoms with Gasteiger partial charge in [-0.25, -0.2) is 14.6 Å². The summed E-state index contributed by atoms with van der Waals surface area (Å²) in [6.45, 7) is 1.33. The highest BCUT2D eigenvalue weighted by molar-refractivity contribution is 5.75. The van der Waals surface area contributed by atoms with Crippen molar-refractivity contribution in [2.24, 2.45) is 28.2 Å². The minimum absolute atomic E-state index is 0.281. The largest absolute Gasteiger partial charge is 0.342 e. The Kier molecular flexibility index (Phi) is 5.49. The summed E-state index contributed by atoms with van der Waals surface area (Å²) in [5.74, 6) is 0. The van der Waals surface area contributed by atoms with E-state index in [2.05, 4.69) is 4.98 Å². The van der Waals surface area contributed by atoms with Crippen LogP contribution in [-0.2, 0) is 41.3 Å². The van der Waals surface area contributed by atoms with Crippen molar-refractivity contribution in [3.05, 3.63) is 60.3 Å². The normalized spacial score (nSPS) is 11.8. The summed E-state index contributed by atoms with van der Waals surface area (Å²) >= 11 is 0. The minimum Gasteiger partial charge on any atom is -0.342 e. The fraction of sp³-hybridized carbons (Fsp3) is 0.476. The van der Waals surface area contributed by atoms with E-state index in [1.807, 2.05) is 10.8 Å². The number of aromatic nitrogens is 7. The van der Waals surface area contributed by atoms with Crippen LogP contribution in [0.25, 0.3) is 22.2 Å². The van der Waals surface area contributed by atoms with E-state index >= 15 is 0 Å². The molecule has 0 N–H and O–H groups in total. The molecular weight excluding hydrogens is 414 g/mol. The highest BCUT2D eigenvalue weighted by atomic mass is 16.2. The van der Waals surface area contributed by atoms with Gasteiger partial charge in [0.05, 0.1) is 11.8 Å². The average Bonchev–Trinajstić information content (AvgIpc) is 3.40. The van der Waals surface area contributed by atoms with E-state index in [0.29, 0.717) is 35.3 Å². The van der Waals surface area contributed by atoms with Gasteiger partial charge in [0.15, 0.2) is 11.2 Å². The molecular formula is C21H27N7O4. The Bertz CT molecular complexity index is 1440. The van der Waals surface area contributed by atoms with Crippen molar-refractivity contribution < 1.29 is 0 Å². The van der Waals surface area contributed by atoms with Gasteiger partial charge in [0.25, 0.3) is 11.1 Å². The van der Waals surface area contributed by atoms with Crippen LogP contribution >= 0.6 is 0 Å². The fourth-order valence-corrected chi connectivity index (χ4v) is 4.21. The van der Waals surface area contributed by atoms with E-state index in [1.165, 1.54) is 23.2 Å². The van der Waals surface area contributed by atoms with Crippen molar-refractivity contribution in [2.75, 3.05) is 0 Å². The standard InChI is InChI=1S/C21H27N7O4/c1-23-14-9-12-27(15(14)18(29)25(3)20(23)31)10-7-5-6-8-11-28-13-22-17-16(28)19(30)26(4)21(32)24(17)2/h9,12-13H,5-8,10-11H2,1-4H3. The van der Waals surface area contributed by atoms with Crippen LogP contribution in [0.15, 0.2) is 37.8 Å². The monoisotopic (exact) mass is 441 g/mol. The Morgan fingerprint density at radius 3 is 1.91 bits per heavy atom. The van der Waals surface area contributed by atoms with Gasteiger partial charge in [0.1, 0.15) is 5.52 Å². The summed E-state index contributed by atoms with van der Waals surface area (Å²) in [5, 5.41) is 0. The molecule has 0 aliphatic heterocycles. The molecule has 0 bridgehead atoms. The molecule has 4 aromatic rings. The molecule has 0 saturated heterocycles. The van der Waals surface area contributed by atoms with Crippen LogP contribution in [0.3, 0.4) is 0 Å². The van der Waals surface area contributed by atoms with Crippen molar-refractivity contribution in [3.63, 3.8) is 0 Å². The maximum atomic E-state index is 12.5. The smallest absolute Gasteiger partial charge is 0.332 e. The summed E-state index contributed by atoms with van der Waals surface area (Å²) in [4.78, 5) is 53.4. The van der Waals surface area contributed by atoms with Crippen LogP contribution in [0.5, 0.6) is 0 Å². The number of fused-ring (bicyclic) bond motifs is 2. The summed E-state index contributed by atoms with van der Waals surface area (Å²) in [5.41, 5.74) is 0.680. The summed E-state index contributed by atoms with van der Waals surface area (Å²) in [6, 6.07) is 1.80. The molecule has 0 unspecified atom stereocenters. The third-order valence-electron chi connectivity index (χ3n) is 6.15. The van der Waals surface area contributed by atoms with Gasteiger partial charge in [0, 0.05) is 47.5 Å². The molecule has 4 aromatic heterocycles. The maximum absolute atomic E-state index is 12.5. The number of imidazole rings is 1. The lowest BCUT2D eigenvalue weighted by Crippen LogP contribution is -2.37. The van der Waals surface area contributed by atoms with Crippen LogP contribution < -0.4 is 22.5 Å². The zero-order valence-corrected chi connectivity index (χ0v) is 18.7. The van der Waals surface area contributed by atoms with Gasteiger partial charge in [-0.3, -0.25) is 27.9 Å². The Hall–Kier alpha value is -3.63. The first-order valence-electron chi connectivity index (χ1n) is 10.6. The molecule has 4 rings (SSSR count). The fourth-order valence-electron chi connectivity index (χ4n) is 4.21. The van der Waals surface area contributed by atoms with Crippen molar-refractivity contribution in [3.8, 4) is 0 Å². The molecule has 0 aliphatic rings. The van der Waals surface area contributed by atoms with Gasteiger partial charge in [0.2, 0.25) is 0 Å². The molecule has 0 spiro atoms.